The lowest BCUT2D eigenvalue weighted by Crippen LogP contribution is -1.90. The summed E-state index contributed by atoms with van der Waals surface area (Å²) in [6, 6.07) is 10.8. The quantitative estimate of drug-likeness (QED) is 0.352. The van der Waals surface area contributed by atoms with Crippen molar-refractivity contribution in [2.24, 2.45) is 0 Å². The van der Waals surface area contributed by atoms with Gasteiger partial charge in [-0.25, -0.2) is 0 Å². The molecule has 0 fully saturated rings. The van der Waals surface area contributed by atoms with Crippen LogP contribution >= 0.6 is 11.8 Å². The van der Waals surface area contributed by atoms with Crippen molar-refractivity contribution in [3.8, 4) is 0 Å². The number of hydrogen-bond donors (Lipinski definition) is 0. The molecule has 0 bridgehead atoms. The Bertz CT molecular complexity index is 365. The van der Waals surface area contributed by atoms with Crippen molar-refractivity contribution in [1.82, 2.24) is 0 Å². The van der Waals surface area contributed by atoms with Gasteiger partial charge in [-0.3, -0.25) is 0 Å². The number of hydrogen-bond acceptors (Lipinski definition) is 1. The lowest BCUT2D eigenvalue weighted by Gasteiger charge is -2.14. The van der Waals surface area contributed by atoms with Crippen LogP contribution in [-0.2, 0) is 0 Å². The molecule has 0 aliphatic carbocycles. The molecular weight excluding hydrogens is 248 g/mol. The fourth-order valence-electron chi connectivity index (χ4n) is 2.28. The summed E-state index contributed by atoms with van der Waals surface area (Å²) in [5.74, 6) is 0. The molecule has 0 spiro atoms. The van der Waals surface area contributed by atoms with Crippen LogP contribution in [-0.4, -0.2) is 0 Å². The summed E-state index contributed by atoms with van der Waals surface area (Å²) >= 11 is 1.99. The summed E-state index contributed by atoms with van der Waals surface area (Å²) in [5.41, 5.74) is 1.67. The molecule has 0 saturated heterocycles. The fourth-order valence-corrected chi connectivity index (χ4v) is 3.50. The van der Waals surface area contributed by atoms with E-state index in [9.17, 15) is 0 Å². The third-order valence-electron chi connectivity index (χ3n) is 3.36. The highest BCUT2D eigenvalue weighted by Gasteiger charge is 2.07. The number of thioether (sulfide) groups is 1. The van der Waals surface area contributed by atoms with Crippen LogP contribution in [0.2, 0.25) is 0 Å². The van der Waals surface area contributed by atoms with Crippen LogP contribution in [0.15, 0.2) is 45.7 Å². The molecule has 1 aromatic rings. The van der Waals surface area contributed by atoms with E-state index in [4.69, 9.17) is 0 Å². The lowest BCUT2D eigenvalue weighted by atomic mass is 10.0. The number of unbranched alkanes of at least 4 members (excludes halogenated alkanes) is 2. The Kier molecular flexibility index (Phi) is 8.73. The topological polar surface area (TPSA) is 0 Å². The molecule has 0 amide bonds. The molecule has 0 aliphatic rings. The van der Waals surface area contributed by atoms with E-state index in [0.717, 1.165) is 0 Å². The van der Waals surface area contributed by atoms with Gasteiger partial charge < -0.3 is 0 Å². The highest BCUT2D eigenvalue weighted by Crippen LogP contribution is 2.35. The van der Waals surface area contributed by atoms with Crippen molar-refractivity contribution in [3.05, 3.63) is 40.8 Å². The molecule has 0 aliphatic heterocycles. The fraction of sp³-hybridized carbons (Fsp3) is 0.556. The Morgan fingerprint density at radius 3 is 2.21 bits per heavy atom. The van der Waals surface area contributed by atoms with Gasteiger partial charge in [0.05, 0.1) is 0 Å². The molecule has 1 rings (SSSR count). The van der Waals surface area contributed by atoms with Crippen LogP contribution in [0, 0.1) is 0 Å². The first-order valence-corrected chi connectivity index (χ1v) is 8.57. The van der Waals surface area contributed by atoms with Crippen LogP contribution in [0.3, 0.4) is 0 Å². The Hall–Kier alpha value is -0.690. The molecule has 1 aromatic carbocycles. The molecule has 0 heterocycles. The normalized spacial score (nSPS) is 12.4. The van der Waals surface area contributed by atoms with E-state index in [0.29, 0.717) is 0 Å². The summed E-state index contributed by atoms with van der Waals surface area (Å²) in [7, 11) is 0. The van der Waals surface area contributed by atoms with Crippen LogP contribution < -0.4 is 0 Å². The highest BCUT2D eigenvalue weighted by molar-refractivity contribution is 8.03. The van der Waals surface area contributed by atoms with Gasteiger partial charge in [0.25, 0.3) is 0 Å². The van der Waals surface area contributed by atoms with Crippen LogP contribution in [0.25, 0.3) is 0 Å². The Balaban J connectivity index is 2.78. The minimum Gasteiger partial charge on any atom is -0.0946 e. The summed E-state index contributed by atoms with van der Waals surface area (Å²) in [5, 5.41) is 0. The van der Waals surface area contributed by atoms with Gasteiger partial charge >= 0.3 is 0 Å². The zero-order chi connectivity index (χ0) is 13.9. The van der Waals surface area contributed by atoms with E-state index < -0.39 is 0 Å². The van der Waals surface area contributed by atoms with Crippen molar-refractivity contribution in [2.45, 2.75) is 70.6 Å². The van der Waals surface area contributed by atoms with Gasteiger partial charge in [-0.1, -0.05) is 75.6 Å². The van der Waals surface area contributed by atoms with Crippen LogP contribution in [0.4, 0.5) is 0 Å². The van der Waals surface area contributed by atoms with Crippen molar-refractivity contribution in [2.75, 3.05) is 0 Å². The van der Waals surface area contributed by atoms with Gasteiger partial charge in [-0.15, -0.1) is 0 Å². The monoisotopic (exact) mass is 276 g/mol. The first-order valence-electron chi connectivity index (χ1n) is 7.75. The molecule has 1 heteroatoms. The van der Waals surface area contributed by atoms with Gasteiger partial charge in [-0.2, -0.15) is 0 Å². The third-order valence-corrected chi connectivity index (χ3v) is 4.61. The van der Waals surface area contributed by atoms with Gasteiger partial charge in [0.15, 0.2) is 0 Å². The third kappa shape index (κ3) is 6.33. The minimum atomic E-state index is 1.20. The van der Waals surface area contributed by atoms with E-state index >= 15 is 0 Å². The van der Waals surface area contributed by atoms with Gasteiger partial charge in [0, 0.05) is 4.90 Å². The maximum atomic E-state index is 2.30. The average molecular weight is 276 g/mol. The maximum absolute atomic E-state index is 2.30. The number of allylic oxidation sites excluding steroid dienone is 2. The Labute approximate surface area is 123 Å². The molecule has 0 atom stereocenters. The smallest absolute Gasteiger partial charge is 0.0119 e. The summed E-state index contributed by atoms with van der Waals surface area (Å²) in [4.78, 5) is 3.01. The minimum absolute atomic E-state index is 1.20. The van der Waals surface area contributed by atoms with Crippen molar-refractivity contribution < 1.29 is 0 Å². The predicted molar refractivity (Wildman–Crippen MR) is 88.7 cm³/mol. The van der Waals surface area contributed by atoms with E-state index in [-0.39, 0.29) is 0 Å². The molecule has 0 unspecified atom stereocenters. The zero-order valence-corrected chi connectivity index (χ0v) is 13.6. The standard InChI is InChI=1S/C18H28S/c1-4-7-9-15-18(16(6-3)12-5-2)19-17-13-10-8-11-14-17/h8,10-11,13-14H,4-7,9,12,15H2,1-3H3/b18-16-. The second-order valence-corrected chi connectivity index (χ2v) is 6.17. The highest BCUT2D eigenvalue weighted by atomic mass is 32.2. The molecule has 0 aromatic heterocycles. The van der Waals surface area contributed by atoms with Gasteiger partial charge in [-0.05, 0) is 42.7 Å². The number of benzene rings is 1. The first kappa shape index (κ1) is 16.4. The molecular formula is C18H28S. The van der Waals surface area contributed by atoms with Gasteiger partial charge in [0.2, 0.25) is 0 Å². The van der Waals surface area contributed by atoms with Crippen molar-refractivity contribution >= 4 is 11.8 Å². The molecule has 0 nitrogen and oxygen atoms in total. The second-order valence-electron chi connectivity index (χ2n) is 5.00. The lowest BCUT2D eigenvalue weighted by molar-refractivity contribution is 0.716. The van der Waals surface area contributed by atoms with E-state index in [1.807, 2.05) is 11.8 Å². The molecule has 0 N–H and O–H groups in total. The first-order chi connectivity index (χ1) is 9.31. The SMILES string of the molecule is CCCCC/C(Sc1ccccc1)=C(\CC)CCC. The van der Waals surface area contributed by atoms with Crippen LogP contribution in [0.5, 0.6) is 0 Å². The molecule has 0 saturated carbocycles. The van der Waals surface area contributed by atoms with E-state index in [1.165, 1.54) is 49.8 Å². The van der Waals surface area contributed by atoms with Crippen molar-refractivity contribution in [1.29, 1.82) is 0 Å². The maximum Gasteiger partial charge on any atom is 0.0119 e. The molecule has 19 heavy (non-hydrogen) atoms. The van der Waals surface area contributed by atoms with E-state index in [1.54, 1.807) is 10.5 Å². The molecule has 106 valence electrons. The second kappa shape index (κ2) is 10.1. The number of rotatable bonds is 9. The predicted octanol–water partition coefficient (Wildman–Crippen LogP) is 6.82. The summed E-state index contributed by atoms with van der Waals surface area (Å²) in [6.45, 7) is 6.86. The summed E-state index contributed by atoms with van der Waals surface area (Å²) in [6.07, 6.45) is 8.97. The average Bonchev–Trinajstić information content (AvgIpc) is 2.45. The Morgan fingerprint density at radius 1 is 0.895 bits per heavy atom. The summed E-state index contributed by atoms with van der Waals surface area (Å²) < 4.78 is 0. The van der Waals surface area contributed by atoms with E-state index in [2.05, 4.69) is 51.1 Å². The largest absolute Gasteiger partial charge is 0.0946 e. The zero-order valence-electron chi connectivity index (χ0n) is 12.7. The van der Waals surface area contributed by atoms with Gasteiger partial charge in [0.1, 0.15) is 0 Å². The Morgan fingerprint density at radius 2 is 1.63 bits per heavy atom. The molecule has 0 radical (unpaired) electrons. The van der Waals surface area contributed by atoms with Crippen LogP contribution in [0.1, 0.15) is 65.7 Å². The van der Waals surface area contributed by atoms with Crippen molar-refractivity contribution in [3.63, 3.8) is 0 Å².